The van der Waals surface area contributed by atoms with Gasteiger partial charge in [-0.1, -0.05) is 48.5 Å². The zero-order chi connectivity index (χ0) is 15.7. The minimum absolute atomic E-state index is 0.0194. The summed E-state index contributed by atoms with van der Waals surface area (Å²) in [7, 11) is 0. The first-order chi connectivity index (χ1) is 11.9. The van der Waals surface area contributed by atoms with Crippen molar-refractivity contribution in [2.24, 2.45) is 0 Å². The SMILES string of the molecule is c1cc2c3c(cccc3c1)N1c3cccc4cccc(c34)NC1N2. The van der Waals surface area contributed by atoms with E-state index in [1.165, 1.54) is 44.3 Å². The summed E-state index contributed by atoms with van der Waals surface area (Å²) in [6, 6.07) is 26.0. The van der Waals surface area contributed by atoms with E-state index >= 15 is 0 Å². The number of nitrogens with one attached hydrogen (secondary N) is 2. The Balaban J connectivity index is 1.74. The fourth-order valence-corrected chi connectivity index (χ4v) is 4.15. The first-order valence-corrected chi connectivity index (χ1v) is 8.26. The number of fused-ring (bicyclic) bond motifs is 3. The lowest BCUT2D eigenvalue weighted by Gasteiger charge is -2.43. The van der Waals surface area contributed by atoms with Crippen LogP contribution in [0.25, 0.3) is 21.5 Å². The van der Waals surface area contributed by atoms with Gasteiger partial charge < -0.3 is 15.5 Å². The van der Waals surface area contributed by atoms with Crippen LogP contribution in [0.5, 0.6) is 0 Å². The van der Waals surface area contributed by atoms with Gasteiger partial charge in [-0.25, -0.2) is 0 Å². The van der Waals surface area contributed by atoms with Crippen LogP contribution in [0.4, 0.5) is 22.7 Å². The molecule has 4 aromatic carbocycles. The number of rotatable bonds is 0. The number of anilines is 4. The van der Waals surface area contributed by atoms with Gasteiger partial charge in [0.05, 0.1) is 11.4 Å². The van der Waals surface area contributed by atoms with Crippen LogP contribution in [0.1, 0.15) is 0 Å². The highest BCUT2D eigenvalue weighted by Gasteiger charge is 2.32. The molecule has 0 radical (unpaired) electrons. The smallest absolute Gasteiger partial charge is 0.180 e. The average Bonchev–Trinajstić information content (AvgIpc) is 2.62. The van der Waals surface area contributed by atoms with Crippen molar-refractivity contribution in [3.05, 3.63) is 72.8 Å². The first kappa shape index (κ1) is 12.3. The first-order valence-electron chi connectivity index (χ1n) is 8.26. The molecule has 4 aromatic rings. The summed E-state index contributed by atoms with van der Waals surface area (Å²) >= 11 is 0. The third-order valence-corrected chi connectivity index (χ3v) is 5.13. The van der Waals surface area contributed by atoms with Gasteiger partial charge in [0, 0.05) is 22.1 Å². The Morgan fingerprint density at radius 1 is 0.583 bits per heavy atom. The molecular weight excluding hydrogens is 294 g/mol. The van der Waals surface area contributed by atoms with Crippen molar-refractivity contribution in [2.75, 3.05) is 15.5 Å². The second kappa shape index (κ2) is 4.20. The summed E-state index contributed by atoms with van der Waals surface area (Å²) in [5.41, 5.74) is 4.87. The van der Waals surface area contributed by atoms with Crippen molar-refractivity contribution in [3.63, 3.8) is 0 Å². The molecule has 0 aromatic heterocycles. The lowest BCUT2D eigenvalue weighted by molar-refractivity contribution is 0.809. The molecule has 0 bridgehead atoms. The van der Waals surface area contributed by atoms with Crippen LogP contribution in [-0.4, -0.2) is 6.29 Å². The molecule has 0 aliphatic carbocycles. The van der Waals surface area contributed by atoms with E-state index in [1.54, 1.807) is 0 Å². The summed E-state index contributed by atoms with van der Waals surface area (Å²) in [4.78, 5) is 2.38. The van der Waals surface area contributed by atoms with Crippen LogP contribution in [0.3, 0.4) is 0 Å². The summed E-state index contributed by atoms with van der Waals surface area (Å²) < 4.78 is 0. The molecule has 24 heavy (non-hydrogen) atoms. The van der Waals surface area contributed by atoms with Crippen LogP contribution in [0.2, 0.25) is 0 Å². The molecule has 0 saturated heterocycles. The summed E-state index contributed by atoms with van der Waals surface area (Å²) in [6.45, 7) is 0. The molecule has 2 aliphatic rings. The largest absolute Gasteiger partial charge is 0.347 e. The van der Waals surface area contributed by atoms with Gasteiger partial charge in [-0.15, -0.1) is 0 Å². The highest BCUT2D eigenvalue weighted by atomic mass is 15.4. The van der Waals surface area contributed by atoms with E-state index in [4.69, 9.17) is 0 Å². The number of nitrogens with zero attached hydrogens (tertiary/aromatic N) is 1. The molecule has 0 spiro atoms. The van der Waals surface area contributed by atoms with E-state index in [0.29, 0.717) is 0 Å². The van der Waals surface area contributed by atoms with E-state index in [0.717, 1.165) is 0 Å². The van der Waals surface area contributed by atoms with Crippen molar-refractivity contribution < 1.29 is 0 Å². The zero-order valence-corrected chi connectivity index (χ0v) is 13.0. The van der Waals surface area contributed by atoms with E-state index in [-0.39, 0.29) is 6.29 Å². The van der Waals surface area contributed by atoms with Crippen LogP contribution in [0.15, 0.2) is 72.8 Å². The molecular formula is C21H15N3. The van der Waals surface area contributed by atoms with Crippen molar-refractivity contribution >= 4 is 44.3 Å². The standard InChI is InChI=1S/C21H15N3/c1-5-13-7-3-11-17-19(13)15(9-1)22-21-23-16-10-2-6-14-8-4-12-18(20(14)16)24(17)21/h1-12,21-23H. The maximum atomic E-state index is 3.66. The Hall–Kier alpha value is -3.20. The molecule has 0 atom stereocenters. The van der Waals surface area contributed by atoms with Crippen molar-refractivity contribution in [2.45, 2.75) is 6.29 Å². The van der Waals surface area contributed by atoms with Crippen LogP contribution >= 0.6 is 0 Å². The van der Waals surface area contributed by atoms with E-state index in [2.05, 4.69) is 88.3 Å². The molecule has 6 rings (SSSR count). The Bertz CT molecular complexity index is 1030. The Labute approximate surface area is 139 Å². The van der Waals surface area contributed by atoms with Crippen LogP contribution in [0, 0.1) is 0 Å². The molecule has 3 heteroatoms. The Morgan fingerprint density at radius 3 is 1.54 bits per heavy atom. The second-order valence-electron chi connectivity index (χ2n) is 6.42. The Kier molecular flexibility index (Phi) is 2.15. The fraction of sp³-hybridized carbons (Fsp3) is 0.0476. The lowest BCUT2D eigenvalue weighted by Crippen LogP contribution is -2.48. The minimum atomic E-state index is 0.0194. The van der Waals surface area contributed by atoms with Crippen LogP contribution < -0.4 is 15.5 Å². The molecule has 2 aliphatic heterocycles. The van der Waals surface area contributed by atoms with E-state index in [9.17, 15) is 0 Å². The monoisotopic (exact) mass is 309 g/mol. The van der Waals surface area contributed by atoms with Gasteiger partial charge in [0.1, 0.15) is 0 Å². The lowest BCUT2D eigenvalue weighted by atomic mass is 9.99. The number of hydrogen-bond donors (Lipinski definition) is 2. The van der Waals surface area contributed by atoms with Gasteiger partial charge in [0.25, 0.3) is 0 Å². The van der Waals surface area contributed by atoms with Gasteiger partial charge in [0.15, 0.2) is 6.29 Å². The van der Waals surface area contributed by atoms with E-state index in [1.807, 2.05) is 0 Å². The maximum Gasteiger partial charge on any atom is 0.180 e. The molecule has 2 N–H and O–H groups in total. The van der Waals surface area contributed by atoms with Crippen molar-refractivity contribution in [3.8, 4) is 0 Å². The maximum absolute atomic E-state index is 3.66. The van der Waals surface area contributed by atoms with Crippen LogP contribution in [-0.2, 0) is 0 Å². The molecule has 0 amide bonds. The van der Waals surface area contributed by atoms with Gasteiger partial charge >= 0.3 is 0 Å². The summed E-state index contributed by atoms with van der Waals surface area (Å²) in [6.07, 6.45) is 0.0194. The third-order valence-electron chi connectivity index (χ3n) is 5.13. The quantitative estimate of drug-likeness (QED) is 0.463. The molecule has 0 fully saturated rings. The second-order valence-corrected chi connectivity index (χ2v) is 6.42. The van der Waals surface area contributed by atoms with Crippen molar-refractivity contribution in [1.29, 1.82) is 0 Å². The number of benzene rings is 4. The fourth-order valence-electron chi connectivity index (χ4n) is 4.15. The van der Waals surface area contributed by atoms with Gasteiger partial charge in [-0.3, -0.25) is 0 Å². The van der Waals surface area contributed by atoms with E-state index < -0.39 is 0 Å². The predicted octanol–water partition coefficient (Wildman–Crippen LogP) is 5.27. The summed E-state index contributed by atoms with van der Waals surface area (Å²) in [5.74, 6) is 0. The highest BCUT2D eigenvalue weighted by Crippen LogP contribution is 2.47. The topological polar surface area (TPSA) is 27.3 Å². The average molecular weight is 309 g/mol. The Morgan fingerprint density at radius 2 is 1.04 bits per heavy atom. The molecule has 3 nitrogen and oxygen atoms in total. The van der Waals surface area contributed by atoms with Gasteiger partial charge in [-0.05, 0) is 35.0 Å². The summed E-state index contributed by atoms with van der Waals surface area (Å²) in [5, 5.41) is 12.4. The predicted molar refractivity (Wildman–Crippen MR) is 101 cm³/mol. The molecule has 2 heterocycles. The zero-order valence-electron chi connectivity index (χ0n) is 13.0. The molecule has 114 valence electrons. The van der Waals surface area contributed by atoms with Gasteiger partial charge in [-0.2, -0.15) is 0 Å². The molecule has 0 unspecified atom stereocenters. The van der Waals surface area contributed by atoms with Crippen molar-refractivity contribution in [1.82, 2.24) is 0 Å². The third kappa shape index (κ3) is 1.42. The number of hydrogen-bond acceptors (Lipinski definition) is 3. The normalized spacial score (nSPS) is 15.1. The highest BCUT2D eigenvalue weighted by molar-refractivity contribution is 6.12. The van der Waals surface area contributed by atoms with Gasteiger partial charge in [0.2, 0.25) is 0 Å². The minimum Gasteiger partial charge on any atom is -0.347 e. The molecule has 0 saturated carbocycles.